The van der Waals surface area contributed by atoms with E-state index in [9.17, 15) is 0 Å². The third-order valence-electron chi connectivity index (χ3n) is 2.89. The Kier molecular flexibility index (Phi) is 4.12. The standard InChI is InChI=1S/C14H18N4/c1-11-13(10-17-18-11)8-5-9-16-14(15)12-6-3-2-4-7-12/h2-4,6-7,10H,5,8-9H2,1H3,(H2,15,16)(H,17,18). The molecule has 0 bridgehead atoms. The first kappa shape index (κ1) is 12.4. The van der Waals surface area contributed by atoms with E-state index in [0.717, 1.165) is 30.6 Å². The molecule has 0 radical (unpaired) electrons. The Bertz CT molecular complexity index is 514. The summed E-state index contributed by atoms with van der Waals surface area (Å²) >= 11 is 0. The molecule has 3 N–H and O–H groups in total. The minimum absolute atomic E-state index is 0.611. The van der Waals surface area contributed by atoms with Crippen LogP contribution >= 0.6 is 0 Å². The summed E-state index contributed by atoms with van der Waals surface area (Å²) in [4.78, 5) is 4.39. The van der Waals surface area contributed by atoms with Crippen molar-refractivity contribution in [1.82, 2.24) is 10.2 Å². The summed E-state index contributed by atoms with van der Waals surface area (Å²) < 4.78 is 0. The Hall–Kier alpha value is -2.10. The molecule has 0 unspecified atom stereocenters. The number of hydrogen-bond acceptors (Lipinski definition) is 2. The summed E-state index contributed by atoms with van der Waals surface area (Å²) in [6, 6.07) is 9.84. The van der Waals surface area contributed by atoms with Crippen molar-refractivity contribution in [2.45, 2.75) is 19.8 Å². The van der Waals surface area contributed by atoms with Crippen molar-refractivity contribution in [3.63, 3.8) is 0 Å². The average Bonchev–Trinajstić information content (AvgIpc) is 2.81. The van der Waals surface area contributed by atoms with Crippen LogP contribution in [-0.4, -0.2) is 22.6 Å². The molecule has 0 aliphatic heterocycles. The van der Waals surface area contributed by atoms with Crippen LogP contribution in [0.5, 0.6) is 0 Å². The molecular weight excluding hydrogens is 224 g/mol. The number of hydrogen-bond donors (Lipinski definition) is 2. The minimum atomic E-state index is 0.611. The number of aromatic amines is 1. The van der Waals surface area contributed by atoms with Crippen LogP contribution in [0.25, 0.3) is 0 Å². The van der Waals surface area contributed by atoms with Gasteiger partial charge in [0.1, 0.15) is 5.84 Å². The zero-order chi connectivity index (χ0) is 12.8. The zero-order valence-corrected chi connectivity index (χ0v) is 10.6. The number of aliphatic imine (C=N–C) groups is 1. The lowest BCUT2D eigenvalue weighted by molar-refractivity contribution is 0.828. The van der Waals surface area contributed by atoms with Gasteiger partial charge in [-0.1, -0.05) is 30.3 Å². The maximum absolute atomic E-state index is 5.92. The van der Waals surface area contributed by atoms with E-state index in [1.54, 1.807) is 0 Å². The van der Waals surface area contributed by atoms with Gasteiger partial charge in [0.15, 0.2) is 0 Å². The molecule has 0 aliphatic rings. The highest BCUT2D eigenvalue weighted by Crippen LogP contribution is 2.06. The lowest BCUT2D eigenvalue weighted by Gasteiger charge is -2.01. The summed E-state index contributed by atoms with van der Waals surface area (Å²) in [6.45, 7) is 2.77. The average molecular weight is 242 g/mol. The summed E-state index contributed by atoms with van der Waals surface area (Å²) in [5.41, 5.74) is 9.29. The Morgan fingerprint density at radius 2 is 2.11 bits per heavy atom. The van der Waals surface area contributed by atoms with Crippen molar-refractivity contribution >= 4 is 5.84 Å². The fraction of sp³-hybridized carbons (Fsp3) is 0.286. The van der Waals surface area contributed by atoms with Crippen LogP contribution in [0.15, 0.2) is 41.5 Å². The topological polar surface area (TPSA) is 67.1 Å². The summed E-state index contributed by atoms with van der Waals surface area (Å²) in [5.74, 6) is 0.611. The van der Waals surface area contributed by atoms with Gasteiger partial charge in [0.2, 0.25) is 0 Å². The van der Waals surface area contributed by atoms with Crippen LogP contribution in [0.3, 0.4) is 0 Å². The number of rotatable bonds is 5. The van der Waals surface area contributed by atoms with E-state index in [4.69, 9.17) is 5.73 Å². The molecule has 0 amide bonds. The smallest absolute Gasteiger partial charge is 0.125 e. The molecule has 0 saturated carbocycles. The fourth-order valence-corrected chi connectivity index (χ4v) is 1.80. The second kappa shape index (κ2) is 6.00. The van der Waals surface area contributed by atoms with Gasteiger partial charge in [0.25, 0.3) is 0 Å². The predicted octanol–water partition coefficient (Wildman–Crippen LogP) is 2.06. The van der Waals surface area contributed by atoms with E-state index in [0.29, 0.717) is 5.84 Å². The Morgan fingerprint density at radius 1 is 1.33 bits per heavy atom. The molecule has 94 valence electrons. The van der Waals surface area contributed by atoms with Crippen LogP contribution in [-0.2, 0) is 6.42 Å². The maximum Gasteiger partial charge on any atom is 0.125 e. The third-order valence-corrected chi connectivity index (χ3v) is 2.89. The minimum Gasteiger partial charge on any atom is -0.384 e. The Labute approximate surface area is 107 Å². The first-order chi connectivity index (χ1) is 8.77. The van der Waals surface area contributed by atoms with Gasteiger partial charge in [-0.05, 0) is 25.3 Å². The predicted molar refractivity (Wildman–Crippen MR) is 73.7 cm³/mol. The Balaban J connectivity index is 1.83. The monoisotopic (exact) mass is 242 g/mol. The van der Waals surface area contributed by atoms with E-state index in [1.807, 2.05) is 43.5 Å². The van der Waals surface area contributed by atoms with Crippen LogP contribution in [0.1, 0.15) is 23.2 Å². The zero-order valence-electron chi connectivity index (χ0n) is 10.6. The van der Waals surface area contributed by atoms with E-state index < -0.39 is 0 Å². The van der Waals surface area contributed by atoms with Crippen LogP contribution < -0.4 is 5.73 Å². The fourth-order valence-electron chi connectivity index (χ4n) is 1.80. The molecule has 2 rings (SSSR count). The number of amidine groups is 1. The second-order valence-electron chi connectivity index (χ2n) is 4.26. The highest BCUT2D eigenvalue weighted by Gasteiger charge is 2.00. The van der Waals surface area contributed by atoms with E-state index in [2.05, 4.69) is 15.2 Å². The lowest BCUT2D eigenvalue weighted by Crippen LogP contribution is -2.13. The lowest BCUT2D eigenvalue weighted by atomic mass is 10.1. The van der Waals surface area contributed by atoms with Gasteiger partial charge in [-0.15, -0.1) is 0 Å². The first-order valence-electron chi connectivity index (χ1n) is 6.11. The molecule has 0 atom stereocenters. The van der Waals surface area contributed by atoms with Gasteiger partial charge in [-0.3, -0.25) is 10.1 Å². The van der Waals surface area contributed by atoms with Gasteiger partial charge in [-0.25, -0.2) is 0 Å². The van der Waals surface area contributed by atoms with E-state index in [1.165, 1.54) is 5.56 Å². The van der Waals surface area contributed by atoms with Crippen molar-refractivity contribution in [3.05, 3.63) is 53.3 Å². The molecule has 1 heterocycles. The van der Waals surface area contributed by atoms with E-state index >= 15 is 0 Å². The number of H-pyrrole nitrogens is 1. The molecule has 0 aliphatic carbocycles. The summed E-state index contributed by atoms with van der Waals surface area (Å²) in [5, 5.41) is 6.93. The van der Waals surface area contributed by atoms with E-state index in [-0.39, 0.29) is 0 Å². The van der Waals surface area contributed by atoms with Crippen molar-refractivity contribution < 1.29 is 0 Å². The van der Waals surface area contributed by atoms with Gasteiger partial charge < -0.3 is 5.73 Å². The number of nitrogens with zero attached hydrogens (tertiary/aromatic N) is 2. The highest BCUT2D eigenvalue weighted by atomic mass is 15.1. The molecule has 4 nitrogen and oxygen atoms in total. The van der Waals surface area contributed by atoms with Gasteiger partial charge in [0.05, 0.1) is 6.20 Å². The molecule has 4 heteroatoms. The molecule has 0 saturated heterocycles. The third kappa shape index (κ3) is 3.20. The number of benzene rings is 1. The number of aryl methyl sites for hydroxylation is 2. The molecule has 1 aromatic heterocycles. The van der Waals surface area contributed by atoms with Crippen molar-refractivity contribution in [3.8, 4) is 0 Å². The molecule has 2 aromatic rings. The van der Waals surface area contributed by atoms with Crippen LogP contribution in [0.2, 0.25) is 0 Å². The van der Waals surface area contributed by atoms with Crippen LogP contribution in [0, 0.1) is 6.92 Å². The summed E-state index contributed by atoms with van der Waals surface area (Å²) in [7, 11) is 0. The van der Waals surface area contributed by atoms with Crippen molar-refractivity contribution in [1.29, 1.82) is 0 Å². The Morgan fingerprint density at radius 3 is 2.78 bits per heavy atom. The van der Waals surface area contributed by atoms with Gasteiger partial charge >= 0.3 is 0 Å². The molecule has 1 aromatic carbocycles. The number of nitrogens with two attached hydrogens (primary N) is 1. The normalized spacial score (nSPS) is 11.7. The summed E-state index contributed by atoms with van der Waals surface area (Å²) in [6.07, 6.45) is 3.83. The van der Waals surface area contributed by atoms with Gasteiger partial charge in [0, 0.05) is 17.8 Å². The molecule has 0 fully saturated rings. The molecule has 0 spiro atoms. The maximum atomic E-state index is 5.92. The first-order valence-corrected chi connectivity index (χ1v) is 6.11. The molecule has 18 heavy (non-hydrogen) atoms. The molecular formula is C14H18N4. The van der Waals surface area contributed by atoms with Gasteiger partial charge in [-0.2, -0.15) is 5.10 Å². The van der Waals surface area contributed by atoms with Crippen LogP contribution in [0.4, 0.5) is 0 Å². The quantitative estimate of drug-likeness (QED) is 0.479. The number of nitrogens with one attached hydrogen (secondary N) is 1. The van der Waals surface area contributed by atoms with Crippen molar-refractivity contribution in [2.75, 3.05) is 6.54 Å². The van der Waals surface area contributed by atoms with Crippen molar-refractivity contribution in [2.24, 2.45) is 10.7 Å². The number of aromatic nitrogens is 2. The second-order valence-corrected chi connectivity index (χ2v) is 4.26. The largest absolute Gasteiger partial charge is 0.384 e. The highest BCUT2D eigenvalue weighted by molar-refractivity contribution is 5.97. The SMILES string of the molecule is Cc1[nH]ncc1CCCN=C(N)c1ccccc1.